The maximum Gasteiger partial charge on any atom is 0.337 e. The number of nitrogens with two attached hydrogens (primary N) is 1. The minimum absolute atomic E-state index is 0.0330. The first-order valence-electron chi connectivity index (χ1n) is 6.41. The van der Waals surface area contributed by atoms with Crippen molar-refractivity contribution in [3.63, 3.8) is 0 Å². The number of aromatic carboxylic acids is 1. The van der Waals surface area contributed by atoms with Crippen LogP contribution in [0.2, 0.25) is 0 Å². The van der Waals surface area contributed by atoms with Crippen LogP contribution in [0.15, 0.2) is 30.7 Å². The topological polar surface area (TPSA) is 94.0 Å². The summed E-state index contributed by atoms with van der Waals surface area (Å²) >= 11 is 0. The number of carboxylic acids is 1. The van der Waals surface area contributed by atoms with Crippen LogP contribution in [0.4, 0.5) is 5.69 Å². The molecule has 2 aromatic heterocycles. The zero-order valence-electron chi connectivity index (χ0n) is 11.7. The van der Waals surface area contributed by atoms with Crippen molar-refractivity contribution in [1.82, 2.24) is 14.5 Å². The van der Waals surface area contributed by atoms with Gasteiger partial charge in [0.25, 0.3) is 0 Å². The number of carboxylic acid groups (broad SMARTS) is 1. The van der Waals surface area contributed by atoms with Crippen LogP contribution >= 0.6 is 0 Å². The Morgan fingerprint density at radius 1 is 1.19 bits per heavy atom. The molecule has 0 fully saturated rings. The lowest BCUT2D eigenvalue weighted by Crippen LogP contribution is -2.06. The van der Waals surface area contributed by atoms with E-state index in [4.69, 9.17) is 10.8 Å². The number of pyridine rings is 1. The fourth-order valence-electron chi connectivity index (χ4n) is 2.22. The number of aryl methyl sites for hydroxylation is 2. The molecule has 0 amide bonds. The summed E-state index contributed by atoms with van der Waals surface area (Å²) in [5, 5.41) is 9.15. The molecule has 0 spiro atoms. The SMILES string of the molecule is Cc1cc2ncn(-c3cc(C(=O)O)c(N)cn3)c2cc1C. The second kappa shape index (κ2) is 4.59. The van der Waals surface area contributed by atoms with E-state index in [1.807, 2.05) is 26.0 Å². The van der Waals surface area contributed by atoms with Crippen molar-refractivity contribution in [3.8, 4) is 5.82 Å². The van der Waals surface area contributed by atoms with Gasteiger partial charge in [0.1, 0.15) is 12.1 Å². The van der Waals surface area contributed by atoms with Gasteiger partial charge in [-0.25, -0.2) is 14.8 Å². The van der Waals surface area contributed by atoms with Gasteiger partial charge in [-0.3, -0.25) is 4.57 Å². The molecule has 21 heavy (non-hydrogen) atoms. The van der Waals surface area contributed by atoms with E-state index in [1.165, 1.54) is 12.3 Å². The summed E-state index contributed by atoms with van der Waals surface area (Å²) in [5.74, 6) is -0.597. The molecule has 0 saturated heterocycles. The number of imidazole rings is 1. The highest BCUT2D eigenvalue weighted by atomic mass is 16.4. The first-order chi connectivity index (χ1) is 9.97. The van der Waals surface area contributed by atoms with Crippen LogP contribution in [0.25, 0.3) is 16.9 Å². The molecule has 2 heterocycles. The lowest BCUT2D eigenvalue weighted by atomic mass is 10.1. The van der Waals surface area contributed by atoms with Crippen LogP contribution in [0.1, 0.15) is 21.5 Å². The second-order valence-electron chi connectivity index (χ2n) is 4.97. The predicted molar refractivity (Wildman–Crippen MR) is 79.7 cm³/mol. The highest BCUT2D eigenvalue weighted by Gasteiger charge is 2.13. The van der Waals surface area contributed by atoms with Crippen molar-refractivity contribution < 1.29 is 9.90 Å². The van der Waals surface area contributed by atoms with E-state index >= 15 is 0 Å². The van der Waals surface area contributed by atoms with E-state index in [0.29, 0.717) is 5.82 Å². The van der Waals surface area contributed by atoms with Crippen LogP contribution in [0.5, 0.6) is 0 Å². The first-order valence-corrected chi connectivity index (χ1v) is 6.41. The van der Waals surface area contributed by atoms with Gasteiger partial charge in [0.2, 0.25) is 0 Å². The van der Waals surface area contributed by atoms with Gasteiger partial charge in [-0.2, -0.15) is 0 Å². The van der Waals surface area contributed by atoms with Crippen molar-refractivity contribution in [2.24, 2.45) is 0 Å². The zero-order chi connectivity index (χ0) is 15.1. The van der Waals surface area contributed by atoms with Crippen molar-refractivity contribution in [3.05, 3.63) is 47.4 Å². The molecule has 0 saturated carbocycles. The number of benzene rings is 1. The van der Waals surface area contributed by atoms with E-state index < -0.39 is 5.97 Å². The Bertz CT molecular complexity index is 867. The molecule has 0 bridgehead atoms. The Balaban J connectivity index is 2.23. The maximum atomic E-state index is 11.2. The van der Waals surface area contributed by atoms with E-state index in [-0.39, 0.29) is 11.3 Å². The van der Waals surface area contributed by atoms with Gasteiger partial charge in [0.05, 0.1) is 28.5 Å². The normalized spacial score (nSPS) is 11.0. The van der Waals surface area contributed by atoms with Crippen LogP contribution in [0, 0.1) is 13.8 Å². The molecule has 0 aliphatic rings. The maximum absolute atomic E-state index is 11.2. The van der Waals surface area contributed by atoms with Crippen molar-refractivity contribution in [2.45, 2.75) is 13.8 Å². The van der Waals surface area contributed by atoms with Gasteiger partial charge in [-0.1, -0.05) is 0 Å². The Kier molecular flexibility index (Phi) is 2.86. The molecule has 0 atom stereocenters. The molecule has 6 nitrogen and oxygen atoms in total. The molecule has 1 aromatic carbocycles. The van der Waals surface area contributed by atoms with Gasteiger partial charge >= 0.3 is 5.97 Å². The molecule has 0 aliphatic heterocycles. The lowest BCUT2D eigenvalue weighted by Gasteiger charge is -2.07. The number of fused-ring (bicyclic) bond motifs is 1. The number of carbonyl (C=O) groups is 1. The number of hydrogen-bond acceptors (Lipinski definition) is 4. The molecule has 3 N–H and O–H groups in total. The van der Waals surface area contributed by atoms with Gasteiger partial charge in [-0.05, 0) is 43.2 Å². The Labute approximate surface area is 120 Å². The summed E-state index contributed by atoms with van der Waals surface area (Å²) < 4.78 is 1.76. The number of rotatable bonds is 2. The summed E-state index contributed by atoms with van der Waals surface area (Å²) in [5.41, 5.74) is 9.82. The highest BCUT2D eigenvalue weighted by Crippen LogP contribution is 2.22. The number of aromatic nitrogens is 3. The predicted octanol–water partition coefficient (Wildman–Crippen LogP) is 2.32. The minimum Gasteiger partial charge on any atom is -0.478 e. The van der Waals surface area contributed by atoms with Crippen molar-refractivity contribution in [1.29, 1.82) is 0 Å². The summed E-state index contributed by atoms with van der Waals surface area (Å²) in [4.78, 5) is 19.7. The lowest BCUT2D eigenvalue weighted by molar-refractivity contribution is 0.0698. The fourth-order valence-corrected chi connectivity index (χ4v) is 2.22. The average molecular weight is 282 g/mol. The Hall–Kier alpha value is -2.89. The van der Waals surface area contributed by atoms with Crippen molar-refractivity contribution >= 4 is 22.7 Å². The summed E-state index contributed by atoms with van der Waals surface area (Å²) in [6.07, 6.45) is 2.99. The van der Waals surface area contributed by atoms with E-state index in [9.17, 15) is 4.79 Å². The summed E-state index contributed by atoms with van der Waals surface area (Å²) in [6, 6.07) is 5.46. The number of hydrogen-bond donors (Lipinski definition) is 2. The quantitative estimate of drug-likeness (QED) is 0.752. The highest BCUT2D eigenvalue weighted by molar-refractivity contribution is 5.94. The first kappa shape index (κ1) is 13.1. The zero-order valence-corrected chi connectivity index (χ0v) is 11.7. The van der Waals surface area contributed by atoms with Gasteiger partial charge in [0, 0.05) is 0 Å². The molecule has 6 heteroatoms. The molecule has 0 radical (unpaired) electrons. The van der Waals surface area contributed by atoms with Crippen LogP contribution in [-0.4, -0.2) is 25.6 Å². The van der Waals surface area contributed by atoms with Crippen molar-refractivity contribution in [2.75, 3.05) is 5.73 Å². The molecule has 106 valence electrons. The summed E-state index contributed by atoms with van der Waals surface area (Å²) in [7, 11) is 0. The minimum atomic E-state index is -1.08. The molecule has 0 unspecified atom stereocenters. The monoisotopic (exact) mass is 282 g/mol. The third kappa shape index (κ3) is 2.10. The largest absolute Gasteiger partial charge is 0.478 e. The van der Waals surface area contributed by atoms with E-state index in [1.54, 1.807) is 10.9 Å². The van der Waals surface area contributed by atoms with E-state index in [2.05, 4.69) is 9.97 Å². The van der Waals surface area contributed by atoms with Gasteiger partial charge < -0.3 is 10.8 Å². The van der Waals surface area contributed by atoms with Crippen LogP contribution in [0.3, 0.4) is 0 Å². The Morgan fingerprint density at radius 2 is 1.90 bits per heavy atom. The summed E-state index contributed by atoms with van der Waals surface area (Å²) in [6.45, 7) is 4.04. The standard InChI is InChI=1S/C15H14N4O2/c1-8-3-12-13(4-9(8)2)19(7-18-12)14-5-10(15(20)21)11(16)6-17-14/h3-7H,16H2,1-2H3,(H,20,21). The van der Waals surface area contributed by atoms with Crippen LogP contribution < -0.4 is 5.73 Å². The number of anilines is 1. The van der Waals surface area contributed by atoms with Crippen LogP contribution in [-0.2, 0) is 0 Å². The average Bonchev–Trinajstić information content (AvgIpc) is 2.82. The molecular formula is C15H14N4O2. The number of nitrogens with zero attached hydrogens (tertiary/aromatic N) is 3. The molecule has 3 aromatic rings. The van der Waals surface area contributed by atoms with E-state index in [0.717, 1.165) is 22.2 Å². The molecule has 0 aliphatic carbocycles. The number of nitrogen functional groups attached to an aromatic ring is 1. The smallest absolute Gasteiger partial charge is 0.337 e. The third-order valence-corrected chi connectivity index (χ3v) is 3.56. The molecular weight excluding hydrogens is 268 g/mol. The molecule has 3 rings (SSSR count). The third-order valence-electron chi connectivity index (χ3n) is 3.56. The fraction of sp³-hybridized carbons (Fsp3) is 0.133. The second-order valence-corrected chi connectivity index (χ2v) is 4.97. The van der Waals surface area contributed by atoms with Gasteiger partial charge in [0.15, 0.2) is 0 Å². The Morgan fingerprint density at radius 3 is 2.62 bits per heavy atom. The van der Waals surface area contributed by atoms with Gasteiger partial charge in [-0.15, -0.1) is 0 Å².